The van der Waals surface area contributed by atoms with Crippen LogP contribution in [0, 0.1) is 10.1 Å². The van der Waals surface area contributed by atoms with Gasteiger partial charge in [0.05, 0.1) is 23.3 Å². The van der Waals surface area contributed by atoms with Crippen LogP contribution in [0.2, 0.25) is 0 Å². The minimum absolute atomic E-state index is 0.194. The third-order valence-corrected chi connectivity index (χ3v) is 2.31. The van der Waals surface area contributed by atoms with E-state index in [1.54, 1.807) is 6.92 Å². The average molecular weight is 262 g/mol. The van der Waals surface area contributed by atoms with E-state index in [-0.39, 0.29) is 23.5 Å². The van der Waals surface area contributed by atoms with E-state index < -0.39 is 10.9 Å². The van der Waals surface area contributed by atoms with Gasteiger partial charge in [-0.25, -0.2) is 9.48 Å². The highest BCUT2D eigenvalue weighted by atomic mass is 16.6. The van der Waals surface area contributed by atoms with Gasteiger partial charge in [0.15, 0.2) is 0 Å². The van der Waals surface area contributed by atoms with Crippen LogP contribution in [-0.2, 0) is 4.74 Å². The van der Waals surface area contributed by atoms with Gasteiger partial charge in [0.2, 0.25) is 0 Å². The van der Waals surface area contributed by atoms with Gasteiger partial charge < -0.3 is 4.74 Å². The fraction of sp³-hybridized carbons (Fsp3) is 0.182. The maximum absolute atomic E-state index is 11.5. The number of nitro groups is 1. The Bertz CT molecular complexity index is 623. The maximum atomic E-state index is 11.5. The molecule has 0 aliphatic carbocycles. The second kappa shape index (κ2) is 5.25. The summed E-state index contributed by atoms with van der Waals surface area (Å²) in [6.45, 7) is 1.94. The highest BCUT2D eigenvalue weighted by Crippen LogP contribution is 2.20. The van der Waals surface area contributed by atoms with Crippen molar-refractivity contribution in [3.8, 4) is 5.69 Å². The summed E-state index contributed by atoms with van der Waals surface area (Å²) < 4.78 is 6.06. The van der Waals surface area contributed by atoms with Gasteiger partial charge in [-0.05, 0) is 13.0 Å². The molecule has 0 bridgehead atoms. The third-order valence-electron chi connectivity index (χ3n) is 2.31. The Labute approximate surface area is 107 Å². The molecule has 2 aromatic heterocycles. The Morgan fingerprint density at radius 2 is 2.32 bits per heavy atom. The number of nitrogens with zero attached hydrogens (tertiary/aromatic N) is 4. The molecule has 0 aromatic carbocycles. The molecule has 2 heterocycles. The number of aromatic nitrogens is 3. The zero-order valence-corrected chi connectivity index (χ0v) is 10.0. The van der Waals surface area contributed by atoms with Gasteiger partial charge in [0.25, 0.3) is 0 Å². The first-order chi connectivity index (χ1) is 9.13. The monoisotopic (exact) mass is 262 g/mol. The highest BCUT2D eigenvalue weighted by Gasteiger charge is 2.17. The van der Waals surface area contributed by atoms with Crippen LogP contribution in [-0.4, -0.2) is 32.3 Å². The molecule has 0 atom stereocenters. The van der Waals surface area contributed by atoms with E-state index in [1.807, 2.05) is 0 Å². The number of rotatable bonds is 4. The summed E-state index contributed by atoms with van der Waals surface area (Å²) in [5, 5.41) is 14.8. The number of carbonyl (C=O) groups is 1. The van der Waals surface area contributed by atoms with Crippen molar-refractivity contribution in [2.45, 2.75) is 6.92 Å². The topological polar surface area (TPSA) is 100 Å². The van der Waals surface area contributed by atoms with E-state index in [2.05, 4.69) is 10.1 Å². The van der Waals surface area contributed by atoms with E-state index >= 15 is 0 Å². The number of esters is 1. The van der Waals surface area contributed by atoms with Crippen LogP contribution in [0.25, 0.3) is 5.69 Å². The summed E-state index contributed by atoms with van der Waals surface area (Å²) in [6, 6.07) is 1.44. The molecule has 0 unspecified atom stereocenters. The standard InChI is InChI=1S/C11H10N4O4/c1-2-19-11(16)8-5-13-14(7-8)9-3-4-12-6-10(9)15(17)18/h3-7H,2H2,1H3. The highest BCUT2D eigenvalue weighted by molar-refractivity contribution is 5.88. The lowest BCUT2D eigenvalue weighted by atomic mass is 10.3. The third kappa shape index (κ3) is 2.57. The fourth-order valence-corrected chi connectivity index (χ4v) is 1.49. The van der Waals surface area contributed by atoms with E-state index in [0.29, 0.717) is 0 Å². The molecule has 0 aliphatic rings. The molecular weight excluding hydrogens is 252 g/mol. The summed E-state index contributed by atoms with van der Waals surface area (Å²) in [7, 11) is 0. The first-order valence-corrected chi connectivity index (χ1v) is 5.44. The van der Waals surface area contributed by atoms with Crippen molar-refractivity contribution in [3.05, 3.63) is 46.5 Å². The van der Waals surface area contributed by atoms with Crippen molar-refractivity contribution in [3.63, 3.8) is 0 Å². The summed E-state index contributed by atoms with van der Waals surface area (Å²) in [5.41, 5.74) is 0.268. The maximum Gasteiger partial charge on any atom is 0.341 e. The van der Waals surface area contributed by atoms with Gasteiger partial charge in [-0.3, -0.25) is 15.1 Å². The molecule has 0 aliphatic heterocycles. The second-order valence-electron chi connectivity index (χ2n) is 3.52. The zero-order valence-electron chi connectivity index (χ0n) is 10.0. The number of ether oxygens (including phenoxy) is 1. The Balaban J connectivity index is 2.38. The summed E-state index contributed by atoms with van der Waals surface area (Å²) in [5.74, 6) is -0.523. The lowest BCUT2D eigenvalue weighted by Crippen LogP contribution is -2.04. The smallest absolute Gasteiger partial charge is 0.341 e. The molecular formula is C11H10N4O4. The van der Waals surface area contributed by atoms with Crippen molar-refractivity contribution in [1.29, 1.82) is 0 Å². The van der Waals surface area contributed by atoms with Crippen LogP contribution in [0.5, 0.6) is 0 Å². The predicted molar refractivity (Wildman–Crippen MR) is 64.0 cm³/mol. The zero-order chi connectivity index (χ0) is 13.8. The molecule has 0 N–H and O–H groups in total. The van der Waals surface area contributed by atoms with Crippen LogP contribution < -0.4 is 0 Å². The molecule has 0 spiro atoms. The quantitative estimate of drug-likeness (QED) is 0.468. The predicted octanol–water partition coefficient (Wildman–Crippen LogP) is 1.35. The van der Waals surface area contributed by atoms with E-state index in [0.717, 1.165) is 6.20 Å². The molecule has 0 radical (unpaired) electrons. The fourth-order valence-electron chi connectivity index (χ4n) is 1.49. The number of pyridine rings is 1. The van der Waals surface area contributed by atoms with Crippen molar-refractivity contribution in [2.75, 3.05) is 6.61 Å². The lowest BCUT2D eigenvalue weighted by Gasteiger charge is -2.01. The van der Waals surface area contributed by atoms with Crippen LogP contribution in [0.1, 0.15) is 17.3 Å². The number of hydrogen-bond acceptors (Lipinski definition) is 6. The molecule has 98 valence electrons. The molecule has 0 fully saturated rings. The van der Waals surface area contributed by atoms with Gasteiger partial charge in [0, 0.05) is 12.4 Å². The molecule has 0 saturated heterocycles. The van der Waals surface area contributed by atoms with Crippen LogP contribution >= 0.6 is 0 Å². The number of hydrogen-bond donors (Lipinski definition) is 0. The Kier molecular flexibility index (Phi) is 3.51. The van der Waals surface area contributed by atoms with Gasteiger partial charge in [0.1, 0.15) is 11.9 Å². The SMILES string of the molecule is CCOC(=O)c1cnn(-c2ccncc2[N+](=O)[O-])c1. The van der Waals surface area contributed by atoms with Gasteiger partial charge in [-0.1, -0.05) is 0 Å². The molecule has 2 rings (SSSR count). The van der Waals surface area contributed by atoms with Crippen molar-refractivity contribution in [2.24, 2.45) is 0 Å². The minimum atomic E-state index is -0.561. The largest absolute Gasteiger partial charge is 0.462 e. The first-order valence-electron chi connectivity index (χ1n) is 5.44. The Morgan fingerprint density at radius 1 is 1.53 bits per heavy atom. The van der Waals surface area contributed by atoms with Crippen molar-refractivity contribution >= 4 is 11.7 Å². The minimum Gasteiger partial charge on any atom is -0.462 e. The van der Waals surface area contributed by atoms with Crippen LogP contribution in [0.4, 0.5) is 5.69 Å². The van der Waals surface area contributed by atoms with E-state index in [9.17, 15) is 14.9 Å². The second-order valence-corrected chi connectivity index (χ2v) is 3.52. The van der Waals surface area contributed by atoms with E-state index in [4.69, 9.17) is 4.74 Å². The molecule has 0 saturated carbocycles. The van der Waals surface area contributed by atoms with Crippen LogP contribution in [0.15, 0.2) is 30.9 Å². The van der Waals surface area contributed by atoms with Gasteiger partial charge in [-0.15, -0.1) is 0 Å². The molecule has 0 amide bonds. The average Bonchev–Trinajstić information content (AvgIpc) is 2.88. The lowest BCUT2D eigenvalue weighted by molar-refractivity contribution is -0.385. The van der Waals surface area contributed by atoms with Crippen molar-refractivity contribution < 1.29 is 14.5 Å². The molecule has 19 heavy (non-hydrogen) atoms. The number of carbonyl (C=O) groups excluding carboxylic acids is 1. The van der Waals surface area contributed by atoms with Crippen molar-refractivity contribution in [1.82, 2.24) is 14.8 Å². The first kappa shape index (κ1) is 12.7. The van der Waals surface area contributed by atoms with Gasteiger partial charge >= 0.3 is 11.7 Å². The van der Waals surface area contributed by atoms with Gasteiger partial charge in [-0.2, -0.15) is 5.10 Å². The molecule has 8 heteroatoms. The molecule has 2 aromatic rings. The van der Waals surface area contributed by atoms with Crippen LogP contribution in [0.3, 0.4) is 0 Å². The molecule has 8 nitrogen and oxygen atoms in total. The summed E-state index contributed by atoms with van der Waals surface area (Å²) in [6.07, 6.45) is 5.21. The summed E-state index contributed by atoms with van der Waals surface area (Å²) >= 11 is 0. The summed E-state index contributed by atoms with van der Waals surface area (Å²) in [4.78, 5) is 25.5. The van der Waals surface area contributed by atoms with E-state index in [1.165, 1.54) is 29.3 Å². The normalized spacial score (nSPS) is 10.2. The Hall–Kier alpha value is -2.77. The Morgan fingerprint density at radius 3 is 3.00 bits per heavy atom.